The molecule has 102 valence electrons. The SMILES string of the molecule is CC1=CN2CC(c3ccccc3)=C(C(C)N)C=C2C=C1. The van der Waals surface area contributed by atoms with Crippen LogP contribution in [0.4, 0.5) is 0 Å². The summed E-state index contributed by atoms with van der Waals surface area (Å²) in [6, 6.07) is 10.6. The van der Waals surface area contributed by atoms with E-state index in [1.54, 1.807) is 0 Å². The maximum atomic E-state index is 6.18. The number of nitrogens with two attached hydrogens (primary N) is 1. The first-order valence-corrected chi connectivity index (χ1v) is 7.04. The van der Waals surface area contributed by atoms with Gasteiger partial charge in [0.2, 0.25) is 0 Å². The Morgan fingerprint density at radius 1 is 1.15 bits per heavy atom. The van der Waals surface area contributed by atoms with Gasteiger partial charge < -0.3 is 10.6 Å². The van der Waals surface area contributed by atoms with Gasteiger partial charge in [-0.15, -0.1) is 0 Å². The zero-order valence-corrected chi connectivity index (χ0v) is 12.0. The molecule has 20 heavy (non-hydrogen) atoms. The normalized spacial score (nSPS) is 19.4. The Balaban J connectivity index is 2.09. The summed E-state index contributed by atoms with van der Waals surface area (Å²) in [7, 11) is 0. The molecular weight excluding hydrogens is 244 g/mol. The van der Waals surface area contributed by atoms with Crippen LogP contribution in [0, 0.1) is 0 Å². The van der Waals surface area contributed by atoms with Crippen LogP contribution in [0.1, 0.15) is 19.4 Å². The van der Waals surface area contributed by atoms with E-state index in [0.29, 0.717) is 0 Å². The summed E-state index contributed by atoms with van der Waals surface area (Å²) < 4.78 is 0. The van der Waals surface area contributed by atoms with Crippen LogP contribution in [0.2, 0.25) is 0 Å². The number of hydrogen-bond acceptors (Lipinski definition) is 2. The molecule has 1 aromatic carbocycles. The third kappa shape index (κ3) is 2.35. The maximum absolute atomic E-state index is 6.18. The average molecular weight is 264 g/mol. The van der Waals surface area contributed by atoms with Crippen LogP contribution in [0.25, 0.3) is 5.57 Å². The molecule has 2 N–H and O–H groups in total. The topological polar surface area (TPSA) is 29.3 Å². The molecule has 0 saturated heterocycles. The molecule has 0 aromatic heterocycles. The summed E-state index contributed by atoms with van der Waals surface area (Å²) >= 11 is 0. The summed E-state index contributed by atoms with van der Waals surface area (Å²) in [4.78, 5) is 2.30. The fourth-order valence-corrected chi connectivity index (χ4v) is 2.76. The van der Waals surface area contributed by atoms with Crippen molar-refractivity contribution in [2.24, 2.45) is 5.73 Å². The van der Waals surface area contributed by atoms with Gasteiger partial charge >= 0.3 is 0 Å². The van der Waals surface area contributed by atoms with Crippen molar-refractivity contribution in [3.63, 3.8) is 0 Å². The van der Waals surface area contributed by atoms with Gasteiger partial charge in [0.05, 0.1) is 0 Å². The number of allylic oxidation sites excluding steroid dienone is 3. The summed E-state index contributed by atoms with van der Waals surface area (Å²) in [5, 5.41) is 0. The molecule has 2 nitrogen and oxygen atoms in total. The molecule has 0 bridgehead atoms. The number of benzene rings is 1. The van der Waals surface area contributed by atoms with Gasteiger partial charge in [0.1, 0.15) is 0 Å². The van der Waals surface area contributed by atoms with Crippen molar-refractivity contribution in [3.8, 4) is 0 Å². The molecule has 2 aliphatic rings. The third-order valence-corrected chi connectivity index (χ3v) is 3.80. The van der Waals surface area contributed by atoms with Crippen LogP contribution in [-0.4, -0.2) is 17.5 Å². The Labute approximate surface area is 120 Å². The smallest absolute Gasteiger partial charge is 0.0485 e. The van der Waals surface area contributed by atoms with E-state index in [2.05, 4.69) is 67.4 Å². The number of rotatable bonds is 2. The average Bonchev–Trinajstić information content (AvgIpc) is 2.46. The highest BCUT2D eigenvalue weighted by atomic mass is 15.1. The Morgan fingerprint density at radius 2 is 1.90 bits per heavy atom. The lowest BCUT2D eigenvalue weighted by Crippen LogP contribution is -2.29. The van der Waals surface area contributed by atoms with Crippen molar-refractivity contribution in [2.45, 2.75) is 19.9 Å². The second-order valence-corrected chi connectivity index (χ2v) is 5.49. The van der Waals surface area contributed by atoms with Gasteiger partial charge in [-0.1, -0.05) is 36.4 Å². The summed E-state index contributed by atoms with van der Waals surface area (Å²) in [5.74, 6) is 0. The predicted octanol–water partition coefficient (Wildman–Crippen LogP) is 3.46. The Kier molecular flexibility index (Phi) is 3.33. The first kappa shape index (κ1) is 12.9. The largest absolute Gasteiger partial charge is 0.343 e. The fraction of sp³-hybridized carbons (Fsp3) is 0.222. The van der Waals surface area contributed by atoms with Gasteiger partial charge in [0.25, 0.3) is 0 Å². The van der Waals surface area contributed by atoms with E-state index < -0.39 is 0 Å². The predicted molar refractivity (Wildman–Crippen MR) is 84.7 cm³/mol. The van der Waals surface area contributed by atoms with Crippen LogP contribution in [-0.2, 0) is 0 Å². The lowest BCUT2D eigenvalue weighted by molar-refractivity contribution is 0.521. The van der Waals surface area contributed by atoms with E-state index in [0.717, 1.165) is 6.54 Å². The van der Waals surface area contributed by atoms with Crippen molar-refractivity contribution >= 4 is 5.57 Å². The van der Waals surface area contributed by atoms with E-state index in [-0.39, 0.29) is 6.04 Å². The fourth-order valence-electron chi connectivity index (χ4n) is 2.76. The van der Waals surface area contributed by atoms with Crippen molar-refractivity contribution in [2.75, 3.05) is 6.54 Å². The Hall–Kier alpha value is -2.06. The van der Waals surface area contributed by atoms with Gasteiger partial charge in [0.15, 0.2) is 0 Å². The standard InChI is InChI=1S/C18H20N2/c1-13-8-9-16-10-17(14(2)19)18(12-20(16)11-13)15-6-4-3-5-7-15/h3-11,14H,12,19H2,1-2H3. The van der Waals surface area contributed by atoms with E-state index in [1.807, 2.05) is 6.07 Å². The second-order valence-electron chi connectivity index (χ2n) is 5.49. The van der Waals surface area contributed by atoms with Gasteiger partial charge in [-0.25, -0.2) is 0 Å². The third-order valence-electron chi connectivity index (χ3n) is 3.80. The van der Waals surface area contributed by atoms with E-state index >= 15 is 0 Å². The van der Waals surface area contributed by atoms with Crippen molar-refractivity contribution in [1.29, 1.82) is 0 Å². The van der Waals surface area contributed by atoms with Crippen LogP contribution in [0.5, 0.6) is 0 Å². The minimum Gasteiger partial charge on any atom is -0.343 e. The lowest BCUT2D eigenvalue weighted by atomic mass is 9.91. The number of hydrogen-bond donors (Lipinski definition) is 1. The highest BCUT2D eigenvalue weighted by molar-refractivity contribution is 5.75. The first-order chi connectivity index (χ1) is 9.65. The molecule has 1 aromatic rings. The molecule has 2 aliphatic heterocycles. The zero-order valence-electron chi connectivity index (χ0n) is 12.0. The molecule has 0 saturated carbocycles. The van der Waals surface area contributed by atoms with E-state index in [9.17, 15) is 0 Å². The Morgan fingerprint density at radius 3 is 2.60 bits per heavy atom. The van der Waals surface area contributed by atoms with Crippen molar-refractivity contribution < 1.29 is 0 Å². The van der Waals surface area contributed by atoms with Gasteiger partial charge in [0, 0.05) is 24.5 Å². The minimum atomic E-state index is 0.0419. The first-order valence-electron chi connectivity index (χ1n) is 7.04. The molecule has 2 heteroatoms. The van der Waals surface area contributed by atoms with Crippen molar-refractivity contribution in [3.05, 3.63) is 77.2 Å². The van der Waals surface area contributed by atoms with Crippen LogP contribution < -0.4 is 5.73 Å². The summed E-state index contributed by atoms with van der Waals surface area (Å²) in [6.45, 7) is 5.06. The molecule has 0 spiro atoms. The zero-order chi connectivity index (χ0) is 14.1. The van der Waals surface area contributed by atoms with Gasteiger partial charge in [-0.2, -0.15) is 0 Å². The molecule has 0 aliphatic carbocycles. The Bertz CT molecular complexity index is 631. The number of nitrogens with zero attached hydrogens (tertiary/aromatic N) is 1. The van der Waals surface area contributed by atoms with Gasteiger partial charge in [-0.05, 0) is 48.3 Å². The lowest BCUT2D eigenvalue weighted by Gasteiger charge is -2.33. The molecule has 3 rings (SSSR count). The molecule has 0 fully saturated rings. The van der Waals surface area contributed by atoms with Gasteiger partial charge in [-0.3, -0.25) is 0 Å². The molecule has 2 heterocycles. The van der Waals surface area contributed by atoms with E-state index in [1.165, 1.54) is 28.0 Å². The second kappa shape index (κ2) is 5.14. The summed E-state index contributed by atoms with van der Waals surface area (Å²) in [6.07, 6.45) is 8.73. The highest BCUT2D eigenvalue weighted by Gasteiger charge is 2.22. The highest BCUT2D eigenvalue weighted by Crippen LogP contribution is 2.32. The molecular formula is C18H20N2. The van der Waals surface area contributed by atoms with Crippen LogP contribution >= 0.6 is 0 Å². The van der Waals surface area contributed by atoms with Crippen LogP contribution in [0.15, 0.2) is 71.6 Å². The molecule has 0 radical (unpaired) electrons. The molecule has 1 atom stereocenters. The van der Waals surface area contributed by atoms with Crippen LogP contribution in [0.3, 0.4) is 0 Å². The summed E-state index contributed by atoms with van der Waals surface area (Å²) in [5.41, 5.74) is 12.5. The number of fused-ring (bicyclic) bond motifs is 1. The van der Waals surface area contributed by atoms with E-state index in [4.69, 9.17) is 5.73 Å². The van der Waals surface area contributed by atoms with Crippen molar-refractivity contribution in [1.82, 2.24) is 4.90 Å². The monoisotopic (exact) mass is 264 g/mol. The molecule has 0 amide bonds. The minimum absolute atomic E-state index is 0.0419. The maximum Gasteiger partial charge on any atom is 0.0485 e. The quantitative estimate of drug-likeness (QED) is 0.886. The molecule has 1 unspecified atom stereocenters.